The monoisotopic (exact) mass is 682 g/mol. The van der Waals surface area contributed by atoms with Gasteiger partial charge in [0.1, 0.15) is 0 Å². The number of rotatable bonds is 4. The van der Waals surface area contributed by atoms with Gasteiger partial charge in [0.05, 0.1) is 5.56 Å². The minimum Gasteiger partial charge on any atom is -0.326 e. The molecule has 0 spiro atoms. The van der Waals surface area contributed by atoms with Crippen molar-refractivity contribution in [3.05, 3.63) is 143 Å². The number of guanidine groups is 2. The fourth-order valence-electron chi connectivity index (χ4n) is 4.79. The largest absolute Gasteiger partial charge is 0.416 e. The van der Waals surface area contributed by atoms with E-state index in [2.05, 4.69) is 55.4 Å². The Hall–Kier alpha value is -5.35. The van der Waals surface area contributed by atoms with Crippen LogP contribution in [0.2, 0.25) is 0 Å². The summed E-state index contributed by atoms with van der Waals surface area (Å²) in [7, 11) is 0. The van der Waals surface area contributed by atoms with Crippen LogP contribution in [-0.4, -0.2) is 11.9 Å². The molecule has 0 saturated carbocycles. The Morgan fingerprint density at radius 2 is 1.04 bits per heavy atom. The molecule has 0 bridgehead atoms. The summed E-state index contributed by atoms with van der Waals surface area (Å²) in [6.07, 6.45) is -4.41. The number of fused-ring (bicyclic) bond motifs is 2. The van der Waals surface area contributed by atoms with Gasteiger partial charge in [0.15, 0.2) is 11.9 Å². The van der Waals surface area contributed by atoms with Crippen LogP contribution in [-0.2, 0) is 6.18 Å². The molecule has 0 saturated heterocycles. The highest BCUT2D eigenvalue weighted by Gasteiger charge is 2.30. The summed E-state index contributed by atoms with van der Waals surface area (Å²) >= 11 is 3.48. The summed E-state index contributed by atoms with van der Waals surface area (Å²) in [6, 6.07) is 38.1. The number of benzene rings is 6. The van der Waals surface area contributed by atoms with Gasteiger partial charge in [0.2, 0.25) is 0 Å². The molecule has 0 aliphatic heterocycles. The first kappa shape index (κ1) is 32.1. The van der Waals surface area contributed by atoms with Gasteiger partial charge in [-0.3, -0.25) is 10.8 Å². The van der Waals surface area contributed by atoms with Crippen molar-refractivity contribution in [3.8, 4) is 0 Å². The lowest BCUT2D eigenvalue weighted by atomic mass is 10.1. The quantitative estimate of drug-likeness (QED) is 0.0824. The van der Waals surface area contributed by atoms with E-state index >= 15 is 0 Å². The highest BCUT2D eigenvalue weighted by Crippen LogP contribution is 2.31. The normalized spacial score (nSPS) is 10.9. The lowest BCUT2D eigenvalue weighted by Gasteiger charge is -2.14. The van der Waals surface area contributed by atoms with Gasteiger partial charge in [-0.05, 0) is 71.8 Å². The van der Waals surface area contributed by atoms with E-state index < -0.39 is 11.7 Å². The lowest BCUT2D eigenvalue weighted by molar-refractivity contribution is -0.137. The third kappa shape index (κ3) is 8.22. The molecule has 6 nitrogen and oxygen atoms in total. The second kappa shape index (κ2) is 14.2. The first-order valence-electron chi connectivity index (χ1n) is 14.2. The van der Waals surface area contributed by atoms with E-state index in [1.807, 2.05) is 91.9 Å². The van der Waals surface area contributed by atoms with Crippen molar-refractivity contribution in [2.45, 2.75) is 13.1 Å². The molecule has 0 unspecified atom stereocenters. The summed E-state index contributed by atoms with van der Waals surface area (Å²) in [5.74, 6) is 0.142. The molecule has 6 N–H and O–H groups in total. The van der Waals surface area contributed by atoms with Crippen LogP contribution in [0.1, 0.15) is 11.1 Å². The smallest absolute Gasteiger partial charge is 0.326 e. The minimum atomic E-state index is -4.41. The van der Waals surface area contributed by atoms with Crippen LogP contribution >= 0.6 is 15.9 Å². The standard InChI is InChI=1S/C18H16BrN3.C18H14F3N3/c1-12-11-14(9-10-16(12)19)21-18(20)22-17-8-4-6-13-5-2-3-7-15(13)17;19-18(20,21)13-7-4-8-14(11-13)23-17(22)24-16-10-3-6-12-5-1-2-9-15(12)16/h2-11H,1H3,(H3,20,21,22);1-11H,(H3,22,23,24). The molecule has 0 atom stereocenters. The van der Waals surface area contributed by atoms with E-state index in [1.165, 1.54) is 12.1 Å². The fourth-order valence-corrected chi connectivity index (χ4v) is 5.03. The molecule has 232 valence electrons. The SMILES string of the molecule is Cc1cc(NC(=N)Nc2cccc3ccccc23)ccc1Br.N=C(Nc1cccc(C(F)(F)F)c1)Nc1cccc2ccccc12. The van der Waals surface area contributed by atoms with Gasteiger partial charge in [-0.2, -0.15) is 13.2 Å². The third-order valence-electron chi connectivity index (χ3n) is 6.99. The van der Waals surface area contributed by atoms with E-state index in [-0.39, 0.29) is 17.6 Å². The molecule has 46 heavy (non-hydrogen) atoms. The summed E-state index contributed by atoms with van der Waals surface area (Å²) in [6.45, 7) is 2.02. The predicted octanol–water partition coefficient (Wildman–Crippen LogP) is 10.7. The summed E-state index contributed by atoms with van der Waals surface area (Å²) in [5, 5.41) is 32.0. The molecule has 0 heterocycles. The number of alkyl halides is 3. The van der Waals surface area contributed by atoms with Gasteiger partial charge in [0.25, 0.3) is 0 Å². The molecule has 0 radical (unpaired) electrons. The average molecular weight is 684 g/mol. The number of hydrogen-bond acceptors (Lipinski definition) is 2. The highest BCUT2D eigenvalue weighted by atomic mass is 79.9. The van der Waals surface area contributed by atoms with Crippen LogP contribution in [0.25, 0.3) is 21.5 Å². The zero-order chi connectivity index (χ0) is 32.7. The number of hydrogen-bond donors (Lipinski definition) is 6. The van der Waals surface area contributed by atoms with Crippen molar-refractivity contribution >= 4 is 72.1 Å². The second-order valence-electron chi connectivity index (χ2n) is 10.3. The van der Waals surface area contributed by atoms with Crippen molar-refractivity contribution in [3.63, 3.8) is 0 Å². The maximum Gasteiger partial charge on any atom is 0.416 e. The van der Waals surface area contributed by atoms with Crippen molar-refractivity contribution in [2.75, 3.05) is 21.3 Å². The summed E-state index contributed by atoms with van der Waals surface area (Å²) in [5.41, 5.74) is 3.08. The van der Waals surface area contributed by atoms with E-state index in [0.29, 0.717) is 5.69 Å². The van der Waals surface area contributed by atoms with Crippen LogP contribution < -0.4 is 21.3 Å². The molecule has 0 fully saturated rings. The van der Waals surface area contributed by atoms with E-state index in [4.69, 9.17) is 10.8 Å². The van der Waals surface area contributed by atoms with Crippen LogP contribution in [0.15, 0.2) is 132 Å². The third-order valence-corrected chi connectivity index (χ3v) is 7.87. The zero-order valence-electron chi connectivity index (χ0n) is 24.6. The summed E-state index contributed by atoms with van der Waals surface area (Å²) < 4.78 is 39.3. The summed E-state index contributed by atoms with van der Waals surface area (Å²) in [4.78, 5) is 0. The molecule has 0 aliphatic carbocycles. The van der Waals surface area contributed by atoms with Gasteiger partial charge < -0.3 is 21.3 Å². The number of halogens is 4. The van der Waals surface area contributed by atoms with Crippen molar-refractivity contribution < 1.29 is 13.2 Å². The topological polar surface area (TPSA) is 95.8 Å². The Morgan fingerprint density at radius 1 is 0.565 bits per heavy atom. The Labute approximate surface area is 272 Å². The maximum absolute atomic E-state index is 12.7. The maximum atomic E-state index is 12.7. The Kier molecular flexibility index (Phi) is 9.88. The molecule has 0 aliphatic rings. The Balaban J connectivity index is 0.000000182. The molecular formula is C36H30BrF3N6. The molecule has 6 aromatic rings. The van der Waals surface area contributed by atoms with E-state index in [1.54, 1.807) is 0 Å². The molecular weight excluding hydrogens is 653 g/mol. The van der Waals surface area contributed by atoms with Crippen molar-refractivity contribution in [1.29, 1.82) is 10.8 Å². The first-order valence-corrected chi connectivity index (χ1v) is 15.0. The molecule has 6 rings (SSSR count). The number of anilines is 4. The highest BCUT2D eigenvalue weighted by molar-refractivity contribution is 9.10. The van der Waals surface area contributed by atoms with Crippen LogP contribution in [0.5, 0.6) is 0 Å². The van der Waals surface area contributed by atoms with E-state index in [9.17, 15) is 13.2 Å². The van der Waals surface area contributed by atoms with Gasteiger partial charge >= 0.3 is 6.18 Å². The molecule has 10 heteroatoms. The van der Waals surface area contributed by atoms with Gasteiger partial charge in [-0.1, -0.05) is 94.8 Å². The van der Waals surface area contributed by atoms with Gasteiger partial charge in [-0.15, -0.1) is 0 Å². The van der Waals surface area contributed by atoms with Crippen molar-refractivity contribution in [1.82, 2.24) is 0 Å². The fraction of sp³-hybridized carbons (Fsp3) is 0.0556. The second-order valence-corrected chi connectivity index (χ2v) is 11.2. The Bertz CT molecular complexity index is 2020. The molecule has 0 amide bonds. The van der Waals surface area contributed by atoms with Crippen LogP contribution in [0.3, 0.4) is 0 Å². The van der Waals surface area contributed by atoms with Crippen LogP contribution in [0.4, 0.5) is 35.9 Å². The Morgan fingerprint density at radius 3 is 1.57 bits per heavy atom. The number of nitrogens with one attached hydrogen (secondary N) is 6. The van der Waals surface area contributed by atoms with Crippen LogP contribution in [0, 0.1) is 17.7 Å². The minimum absolute atomic E-state index is 0.106. The van der Waals surface area contributed by atoms with Crippen molar-refractivity contribution in [2.24, 2.45) is 0 Å². The van der Waals surface area contributed by atoms with E-state index in [0.717, 1.165) is 55.1 Å². The molecule has 0 aromatic heterocycles. The zero-order valence-corrected chi connectivity index (χ0v) is 26.2. The van der Waals surface area contributed by atoms with Gasteiger partial charge in [-0.25, -0.2) is 0 Å². The lowest BCUT2D eigenvalue weighted by Crippen LogP contribution is -2.21. The average Bonchev–Trinajstić information content (AvgIpc) is 3.03. The molecule has 6 aromatic carbocycles. The first-order chi connectivity index (χ1) is 22.1. The predicted molar refractivity (Wildman–Crippen MR) is 188 cm³/mol. The van der Waals surface area contributed by atoms with Gasteiger partial charge in [0, 0.05) is 38.0 Å². The number of aryl methyl sites for hydroxylation is 1.